The zero-order valence-electron chi connectivity index (χ0n) is 14.4. The van der Waals surface area contributed by atoms with Gasteiger partial charge in [-0.25, -0.2) is 8.42 Å². The molecule has 0 unspecified atom stereocenters. The molecule has 0 spiro atoms. The van der Waals surface area contributed by atoms with Gasteiger partial charge in [0.2, 0.25) is 0 Å². The molecule has 0 aromatic heterocycles. The van der Waals surface area contributed by atoms with Crippen molar-refractivity contribution in [2.24, 2.45) is 0 Å². The van der Waals surface area contributed by atoms with Crippen molar-refractivity contribution >= 4 is 27.1 Å². The second-order valence-electron chi connectivity index (χ2n) is 6.33. The third kappa shape index (κ3) is 3.20. The molecular weight excluding hydrogens is 356 g/mol. The third-order valence-corrected chi connectivity index (χ3v) is 5.69. The van der Waals surface area contributed by atoms with Gasteiger partial charge in [0.1, 0.15) is 0 Å². The highest BCUT2D eigenvalue weighted by Crippen LogP contribution is 2.32. The third-order valence-electron chi connectivity index (χ3n) is 4.58. The van der Waals surface area contributed by atoms with E-state index >= 15 is 0 Å². The number of fused-ring (bicyclic) bond motifs is 1. The van der Waals surface area contributed by atoms with Gasteiger partial charge in [0, 0.05) is 35.7 Å². The van der Waals surface area contributed by atoms with Gasteiger partial charge in [-0.05, 0) is 49.6 Å². The van der Waals surface area contributed by atoms with Crippen LogP contribution >= 0.6 is 0 Å². The van der Waals surface area contributed by atoms with Crippen molar-refractivity contribution in [1.82, 2.24) is 0 Å². The molecule has 8 heteroatoms. The maximum Gasteiger partial charge on any atom is 0.273 e. The van der Waals surface area contributed by atoms with Crippen LogP contribution in [-0.2, 0) is 16.3 Å². The smallest absolute Gasteiger partial charge is 0.273 e. The number of aryl methyl sites for hydroxylation is 1. The molecule has 26 heavy (non-hydrogen) atoms. The van der Waals surface area contributed by atoms with Crippen LogP contribution in [0.3, 0.4) is 0 Å². The Morgan fingerprint density at radius 1 is 1.23 bits per heavy atom. The summed E-state index contributed by atoms with van der Waals surface area (Å²) in [4.78, 5) is 25.4. The first kappa shape index (κ1) is 18.1. The lowest BCUT2D eigenvalue weighted by Crippen LogP contribution is -2.36. The van der Waals surface area contributed by atoms with Crippen LogP contribution in [0, 0.1) is 17.0 Å². The largest absolute Gasteiger partial charge is 0.308 e. The van der Waals surface area contributed by atoms with E-state index in [4.69, 9.17) is 0 Å². The van der Waals surface area contributed by atoms with Crippen LogP contribution in [0.15, 0.2) is 41.3 Å². The van der Waals surface area contributed by atoms with E-state index in [0.717, 1.165) is 11.8 Å². The highest BCUT2D eigenvalue weighted by molar-refractivity contribution is 7.90. The first-order valence-electron chi connectivity index (χ1n) is 8.09. The topological polar surface area (TPSA) is 97.6 Å². The number of nitrogens with zero attached hydrogens (tertiary/aromatic N) is 2. The number of amides is 1. The molecule has 3 rings (SSSR count). The highest BCUT2D eigenvalue weighted by Gasteiger charge is 2.27. The lowest BCUT2D eigenvalue weighted by Gasteiger charge is -2.30. The van der Waals surface area contributed by atoms with Crippen molar-refractivity contribution in [3.63, 3.8) is 0 Å². The van der Waals surface area contributed by atoms with Gasteiger partial charge in [-0.2, -0.15) is 0 Å². The van der Waals surface area contributed by atoms with Gasteiger partial charge >= 0.3 is 0 Å². The Bertz CT molecular complexity index is 1010. The second kappa shape index (κ2) is 6.53. The Morgan fingerprint density at radius 3 is 2.62 bits per heavy atom. The van der Waals surface area contributed by atoms with Crippen LogP contribution in [0.25, 0.3) is 0 Å². The Morgan fingerprint density at radius 2 is 1.96 bits per heavy atom. The van der Waals surface area contributed by atoms with Gasteiger partial charge in [-0.3, -0.25) is 14.9 Å². The number of carbonyl (C=O) groups excluding carboxylic acids is 1. The Balaban J connectivity index is 2.04. The molecule has 0 aliphatic carbocycles. The maximum absolute atomic E-state index is 13.0. The minimum Gasteiger partial charge on any atom is -0.308 e. The monoisotopic (exact) mass is 374 g/mol. The Hall–Kier alpha value is -2.74. The fourth-order valence-corrected chi connectivity index (χ4v) is 3.88. The average Bonchev–Trinajstić information content (AvgIpc) is 2.59. The molecule has 7 nitrogen and oxygen atoms in total. The van der Waals surface area contributed by atoms with Gasteiger partial charge < -0.3 is 4.90 Å². The first-order valence-corrected chi connectivity index (χ1v) is 9.98. The zero-order valence-corrected chi connectivity index (χ0v) is 15.2. The molecule has 1 aliphatic rings. The number of anilines is 1. The second-order valence-corrected chi connectivity index (χ2v) is 8.35. The summed E-state index contributed by atoms with van der Waals surface area (Å²) in [5, 5.41) is 11.1. The first-order chi connectivity index (χ1) is 12.2. The predicted molar refractivity (Wildman–Crippen MR) is 97.4 cm³/mol. The number of benzene rings is 2. The SMILES string of the molecule is Cc1c(C(=O)N2CCCc3cc(S(C)(=O)=O)ccc32)cccc1[N+](=O)[O-]. The Labute approximate surface area is 151 Å². The summed E-state index contributed by atoms with van der Waals surface area (Å²) in [5.41, 5.74) is 1.94. The summed E-state index contributed by atoms with van der Waals surface area (Å²) in [6, 6.07) is 9.16. The van der Waals surface area contributed by atoms with Crippen LogP contribution < -0.4 is 4.90 Å². The molecule has 1 aliphatic heterocycles. The molecule has 0 atom stereocenters. The molecule has 2 aromatic rings. The minimum absolute atomic E-state index is 0.0968. The summed E-state index contributed by atoms with van der Waals surface area (Å²) in [6.07, 6.45) is 2.52. The van der Waals surface area contributed by atoms with Crippen molar-refractivity contribution in [3.8, 4) is 0 Å². The highest BCUT2D eigenvalue weighted by atomic mass is 32.2. The molecule has 2 aromatic carbocycles. The van der Waals surface area contributed by atoms with E-state index in [2.05, 4.69) is 0 Å². The number of hydrogen-bond acceptors (Lipinski definition) is 5. The number of nitro groups is 1. The summed E-state index contributed by atoms with van der Waals surface area (Å²) < 4.78 is 23.5. The lowest BCUT2D eigenvalue weighted by atomic mass is 9.99. The maximum atomic E-state index is 13.0. The predicted octanol–water partition coefficient (Wildman–Crippen LogP) is 2.90. The van der Waals surface area contributed by atoms with Gasteiger partial charge in [0.25, 0.3) is 11.6 Å². The van der Waals surface area contributed by atoms with Crippen LogP contribution in [0.5, 0.6) is 0 Å². The quantitative estimate of drug-likeness (QED) is 0.608. The zero-order chi connectivity index (χ0) is 19.1. The summed E-state index contributed by atoms with van der Waals surface area (Å²) >= 11 is 0. The van der Waals surface area contributed by atoms with Gasteiger partial charge in [-0.1, -0.05) is 6.07 Å². The van der Waals surface area contributed by atoms with Crippen LogP contribution in [0.4, 0.5) is 11.4 Å². The molecule has 0 bridgehead atoms. The van der Waals surface area contributed by atoms with E-state index in [0.29, 0.717) is 30.6 Å². The van der Waals surface area contributed by atoms with E-state index in [1.165, 1.54) is 18.2 Å². The van der Waals surface area contributed by atoms with E-state index < -0.39 is 14.8 Å². The molecule has 0 saturated heterocycles. The van der Waals surface area contributed by atoms with Gasteiger partial charge in [-0.15, -0.1) is 0 Å². The van der Waals surface area contributed by atoms with Gasteiger partial charge in [0.15, 0.2) is 9.84 Å². The number of hydrogen-bond donors (Lipinski definition) is 0. The van der Waals surface area contributed by atoms with Crippen molar-refractivity contribution in [2.75, 3.05) is 17.7 Å². The summed E-state index contributed by atoms with van der Waals surface area (Å²) in [6.45, 7) is 2.04. The number of nitro benzene ring substituents is 1. The Kier molecular flexibility index (Phi) is 4.53. The van der Waals surface area contributed by atoms with Crippen molar-refractivity contribution in [1.29, 1.82) is 0 Å². The van der Waals surface area contributed by atoms with Crippen molar-refractivity contribution < 1.29 is 18.1 Å². The molecule has 0 saturated carbocycles. The molecular formula is C18H18N2O5S. The normalized spacial score (nSPS) is 14.0. The average molecular weight is 374 g/mol. The van der Waals surface area contributed by atoms with Crippen LogP contribution in [0.2, 0.25) is 0 Å². The molecule has 1 amide bonds. The van der Waals surface area contributed by atoms with E-state index in [9.17, 15) is 23.3 Å². The van der Waals surface area contributed by atoms with Crippen LogP contribution in [-0.4, -0.2) is 32.0 Å². The molecule has 1 heterocycles. The number of rotatable bonds is 3. The molecule has 0 N–H and O–H groups in total. The molecule has 0 fully saturated rings. The summed E-state index contributed by atoms with van der Waals surface area (Å²) in [7, 11) is -3.33. The van der Waals surface area contributed by atoms with Crippen molar-refractivity contribution in [2.45, 2.75) is 24.7 Å². The van der Waals surface area contributed by atoms with Crippen LogP contribution in [0.1, 0.15) is 27.9 Å². The van der Waals surface area contributed by atoms with E-state index in [1.807, 2.05) is 0 Å². The standard InChI is InChI=1S/C18H18N2O5S/c1-12-15(6-3-7-16(12)20(22)23)18(21)19-10-4-5-13-11-14(26(2,24)25)8-9-17(13)19/h3,6-9,11H,4-5,10H2,1-2H3. The fraction of sp³-hybridized carbons (Fsp3) is 0.278. The fourth-order valence-electron chi connectivity index (χ4n) is 3.21. The minimum atomic E-state index is -3.33. The van der Waals surface area contributed by atoms with Gasteiger partial charge in [0.05, 0.1) is 9.82 Å². The molecule has 136 valence electrons. The summed E-state index contributed by atoms with van der Waals surface area (Å²) in [5.74, 6) is -0.320. The van der Waals surface area contributed by atoms with Crippen molar-refractivity contribution in [3.05, 3.63) is 63.2 Å². The van der Waals surface area contributed by atoms with E-state index in [1.54, 1.807) is 30.0 Å². The number of carbonyl (C=O) groups is 1. The number of sulfone groups is 1. The lowest BCUT2D eigenvalue weighted by molar-refractivity contribution is -0.385. The van der Waals surface area contributed by atoms with E-state index in [-0.39, 0.29) is 22.1 Å². The molecule has 0 radical (unpaired) electrons.